The number of benzene rings is 1. The number of nitrogens with zero attached hydrogens (tertiary/aromatic N) is 2. The van der Waals surface area contributed by atoms with Gasteiger partial charge in [0.05, 0.1) is 11.2 Å². The van der Waals surface area contributed by atoms with Gasteiger partial charge in [0.2, 0.25) is 0 Å². The molecule has 3 aromatic rings. The van der Waals surface area contributed by atoms with Crippen LogP contribution in [0.3, 0.4) is 0 Å². The van der Waals surface area contributed by atoms with Gasteiger partial charge in [-0.25, -0.2) is 22.9 Å². The van der Waals surface area contributed by atoms with Crippen molar-refractivity contribution in [2.24, 2.45) is 0 Å². The monoisotopic (exact) mass is 435 g/mol. The first-order chi connectivity index (χ1) is 14.6. The van der Waals surface area contributed by atoms with Crippen molar-refractivity contribution >= 4 is 28.4 Å². The zero-order valence-electron chi connectivity index (χ0n) is 17.3. The van der Waals surface area contributed by atoms with Crippen LogP contribution in [0.2, 0.25) is 0 Å². The Morgan fingerprint density at radius 2 is 1.90 bits per heavy atom. The van der Waals surface area contributed by atoms with Crippen molar-refractivity contribution < 1.29 is 22.2 Å². The second-order valence-corrected chi connectivity index (χ2v) is 8.06. The van der Waals surface area contributed by atoms with Gasteiger partial charge < -0.3 is 16.0 Å². The molecule has 1 aromatic carbocycles. The fourth-order valence-corrected chi connectivity index (χ4v) is 3.84. The van der Waals surface area contributed by atoms with E-state index in [1.54, 1.807) is 32.3 Å². The number of aryl methyl sites for hydroxylation is 1. The molecule has 1 aliphatic rings. The third-order valence-corrected chi connectivity index (χ3v) is 5.42. The molecule has 2 amide bonds. The van der Waals surface area contributed by atoms with Gasteiger partial charge in [-0.05, 0) is 26.0 Å². The Balaban J connectivity index is 0.00000193. The first-order valence-electron chi connectivity index (χ1n) is 9.86. The minimum atomic E-state index is -1.30. The highest BCUT2D eigenvalue weighted by Gasteiger charge is 2.41. The molecular formula is C22H28F3N5O. The number of hydrogen-bond acceptors (Lipinski definition) is 4. The first kappa shape index (κ1) is 20.9. The van der Waals surface area contributed by atoms with Crippen molar-refractivity contribution in [2.75, 3.05) is 17.7 Å². The molecule has 31 heavy (non-hydrogen) atoms. The maximum absolute atomic E-state index is 14.6. The molecule has 0 saturated heterocycles. The molecule has 1 saturated carbocycles. The summed E-state index contributed by atoms with van der Waals surface area (Å²) in [6.07, 6.45) is 2.01. The molecule has 2 heterocycles. The smallest absolute Gasteiger partial charge is 0.319 e. The Bertz CT molecular complexity index is 1190. The minimum Gasteiger partial charge on any atom is -0.373 e. The normalized spacial score (nSPS) is 20.3. The van der Waals surface area contributed by atoms with Gasteiger partial charge in [-0.2, -0.15) is 0 Å². The van der Waals surface area contributed by atoms with E-state index in [1.807, 2.05) is 0 Å². The average molecular weight is 435 g/mol. The second-order valence-electron chi connectivity index (χ2n) is 8.06. The minimum absolute atomic E-state index is 0. The molecular weight excluding hydrogens is 407 g/mol. The molecule has 6 nitrogen and oxygen atoms in total. The summed E-state index contributed by atoms with van der Waals surface area (Å²) in [5.41, 5.74) is 0.301. The van der Waals surface area contributed by atoms with Crippen LogP contribution < -0.4 is 16.0 Å². The number of aromatic nitrogens is 2. The maximum Gasteiger partial charge on any atom is 0.319 e. The van der Waals surface area contributed by atoms with Crippen molar-refractivity contribution in [1.29, 1.82) is 0 Å². The Kier molecular flexibility index (Phi) is 5.20. The summed E-state index contributed by atoms with van der Waals surface area (Å²) in [4.78, 5) is 20.9. The van der Waals surface area contributed by atoms with Crippen LogP contribution in [0.15, 0.2) is 30.5 Å². The van der Waals surface area contributed by atoms with E-state index in [0.29, 0.717) is 28.0 Å². The van der Waals surface area contributed by atoms with Crippen LogP contribution in [0.5, 0.6) is 0 Å². The van der Waals surface area contributed by atoms with Crippen LogP contribution in [0.4, 0.5) is 29.5 Å². The van der Waals surface area contributed by atoms with Crippen LogP contribution in [-0.4, -0.2) is 34.8 Å². The van der Waals surface area contributed by atoms with Gasteiger partial charge >= 0.3 is 6.03 Å². The van der Waals surface area contributed by atoms with Crippen molar-refractivity contribution in [3.63, 3.8) is 0 Å². The third kappa shape index (κ3) is 4.26. The van der Waals surface area contributed by atoms with E-state index >= 15 is 0 Å². The highest BCUT2D eigenvalue weighted by molar-refractivity contribution is 5.91. The lowest BCUT2D eigenvalue weighted by Crippen LogP contribution is -2.52. The third-order valence-electron chi connectivity index (χ3n) is 5.42. The van der Waals surface area contributed by atoms with Crippen molar-refractivity contribution in [3.8, 4) is 11.1 Å². The van der Waals surface area contributed by atoms with E-state index in [9.17, 15) is 18.0 Å². The van der Waals surface area contributed by atoms with Crippen molar-refractivity contribution in [3.05, 3.63) is 47.8 Å². The maximum atomic E-state index is 14.6. The lowest BCUT2D eigenvalue weighted by atomic mass is 9.79. The Hall–Kier alpha value is -3.36. The molecule has 0 unspecified atom stereocenters. The van der Waals surface area contributed by atoms with Crippen LogP contribution in [0.1, 0.15) is 29.7 Å². The van der Waals surface area contributed by atoms with E-state index in [-0.39, 0.29) is 34.4 Å². The number of alkyl halides is 1. The Morgan fingerprint density at radius 3 is 2.58 bits per heavy atom. The number of amides is 2. The fourth-order valence-electron chi connectivity index (χ4n) is 3.84. The topological polar surface area (TPSA) is 78.9 Å². The van der Waals surface area contributed by atoms with Gasteiger partial charge in [0.1, 0.15) is 23.1 Å². The highest BCUT2D eigenvalue weighted by atomic mass is 19.1. The summed E-state index contributed by atoms with van der Waals surface area (Å²) >= 11 is 0. The van der Waals surface area contributed by atoms with E-state index in [4.69, 9.17) is 0 Å². The molecule has 1 fully saturated rings. The fraction of sp³-hybridized carbons (Fsp3) is 0.318. The molecule has 9 heteroatoms. The van der Waals surface area contributed by atoms with Crippen LogP contribution >= 0.6 is 0 Å². The standard InChI is InChI=1S/C22H22F3N5O.3H2/c1-11-14(4-12-10-27-20(26-3)7-18(12)28-11)15-5-19(17(24)6-16(15)23)30-21(31)29-13-8-22(2,25)9-13;;;/h4-7,10,13H,8-9H2,1-3H3,(H,26,27)(H2,29,30,31);3*1H. The number of pyridine rings is 2. The summed E-state index contributed by atoms with van der Waals surface area (Å²) < 4.78 is 42.6. The second kappa shape index (κ2) is 7.72. The summed E-state index contributed by atoms with van der Waals surface area (Å²) in [5.74, 6) is -1.04. The molecule has 0 aliphatic heterocycles. The summed E-state index contributed by atoms with van der Waals surface area (Å²) in [6, 6.07) is 4.46. The highest BCUT2D eigenvalue weighted by Crippen LogP contribution is 2.36. The molecule has 4 rings (SSSR count). The van der Waals surface area contributed by atoms with Crippen LogP contribution in [-0.2, 0) is 0 Å². The van der Waals surface area contributed by atoms with E-state index in [0.717, 1.165) is 6.07 Å². The molecule has 2 aromatic heterocycles. The largest absolute Gasteiger partial charge is 0.373 e. The zero-order valence-corrected chi connectivity index (χ0v) is 17.3. The lowest BCUT2D eigenvalue weighted by molar-refractivity contribution is 0.0534. The number of carbonyl (C=O) groups is 1. The average Bonchev–Trinajstić information content (AvgIpc) is 2.68. The molecule has 168 valence electrons. The predicted molar refractivity (Wildman–Crippen MR) is 120 cm³/mol. The first-order valence-corrected chi connectivity index (χ1v) is 9.86. The molecule has 0 radical (unpaired) electrons. The van der Waals surface area contributed by atoms with E-state index in [2.05, 4.69) is 25.9 Å². The summed E-state index contributed by atoms with van der Waals surface area (Å²) in [6.45, 7) is 3.19. The summed E-state index contributed by atoms with van der Waals surface area (Å²) in [7, 11) is 1.75. The van der Waals surface area contributed by atoms with Gasteiger partial charge in [-0.1, -0.05) is 0 Å². The summed E-state index contributed by atoms with van der Waals surface area (Å²) in [5, 5.41) is 8.60. The van der Waals surface area contributed by atoms with Gasteiger partial charge in [-0.15, -0.1) is 0 Å². The van der Waals surface area contributed by atoms with Crippen molar-refractivity contribution in [2.45, 2.75) is 38.4 Å². The number of fused-ring (bicyclic) bond motifs is 1. The zero-order chi connectivity index (χ0) is 22.3. The number of nitrogens with one attached hydrogen (secondary N) is 3. The van der Waals surface area contributed by atoms with Crippen LogP contribution in [0.25, 0.3) is 22.0 Å². The van der Waals surface area contributed by atoms with E-state index < -0.39 is 23.3 Å². The number of rotatable bonds is 4. The SMILES string of the molecule is CNc1cc2nc(C)c(-c3cc(NC(=O)NC4CC(C)(F)C4)c(F)cc3F)cc2cn1.[HH].[HH].[HH]. The van der Waals surface area contributed by atoms with Gasteiger partial charge in [0.25, 0.3) is 0 Å². The molecule has 0 spiro atoms. The number of hydrogen-bond donors (Lipinski definition) is 3. The van der Waals surface area contributed by atoms with Gasteiger partial charge in [0.15, 0.2) is 0 Å². The lowest BCUT2D eigenvalue weighted by Gasteiger charge is -2.38. The molecule has 0 atom stereocenters. The quantitative estimate of drug-likeness (QED) is 0.493. The number of halogens is 3. The number of carbonyl (C=O) groups excluding carboxylic acids is 1. The predicted octanol–water partition coefficient (Wildman–Crippen LogP) is 5.68. The molecule has 3 N–H and O–H groups in total. The van der Waals surface area contributed by atoms with E-state index in [1.165, 1.54) is 13.0 Å². The van der Waals surface area contributed by atoms with Crippen molar-refractivity contribution in [1.82, 2.24) is 15.3 Å². The number of urea groups is 1. The Morgan fingerprint density at radius 1 is 1.16 bits per heavy atom. The van der Waals surface area contributed by atoms with Gasteiger partial charge in [0, 0.05) is 70.7 Å². The number of anilines is 2. The van der Waals surface area contributed by atoms with Crippen LogP contribution in [0, 0.1) is 18.6 Å². The van der Waals surface area contributed by atoms with Gasteiger partial charge in [-0.3, -0.25) is 4.98 Å². The molecule has 0 bridgehead atoms. The molecule has 1 aliphatic carbocycles. The Labute approximate surface area is 181 Å².